The highest BCUT2D eigenvalue weighted by Crippen LogP contribution is 2.06. The highest BCUT2D eigenvalue weighted by Gasteiger charge is 1.98. The Labute approximate surface area is 91.9 Å². The van der Waals surface area contributed by atoms with E-state index in [4.69, 9.17) is 4.84 Å². The molecule has 15 heavy (non-hydrogen) atoms. The van der Waals surface area contributed by atoms with Crippen LogP contribution in [0.3, 0.4) is 0 Å². The van der Waals surface area contributed by atoms with Crippen LogP contribution in [-0.4, -0.2) is 12.3 Å². The fourth-order valence-electron chi connectivity index (χ4n) is 1.21. The third-order valence-electron chi connectivity index (χ3n) is 2.05. The molecule has 0 atom stereocenters. The van der Waals surface area contributed by atoms with Gasteiger partial charge < -0.3 is 4.84 Å². The Bertz CT molecular complexity index is 342. The van der Waals surface area contributed by atoms with Crippen molar-refractivity contribution in [2.45, 2.75) is 27.7 Å². The van der Waals surface area contributed by atoms with E-state index in [1.165, 1.54) is 5.56 Å². The van der Waals surface area contributed by atoms with Gasteiger partial charge in [-0.3, -0.25) is 0 Å². The van der Waals surface area contributed by atoms with Crippen molar-refractivity contribution in [2.24, 2.45) is 11.1 Å². The zero-order valence-electron chi connectivity index (χ0n) is 9.95. The molecule has 0 aromatic heterocycles. The van der Waals surface area contributed by atoms with Gasteiger partial charge in [0.15, 0.2) is 0 Å². The first-order chi connectivity index (χ1) is 7.09. The van der Waals surface area contributed by atoms with E-state index < -0.39 is 0 Å². The minimum atomic E-state index is 0.513. The molecule has 0 saturated heterocycles. The summed E-state index contributed by atoms with van der Waals surface area (Å²) in [5.41, 5.74) is 3.30. The maximum Gasteiger partial charge on any atom is 0.119 e. The second-order valence-corrected chi connectivity index (χ2v) is 4.24. The molecule has 1 aromatic carbocycles. The summed E-state index contributed by atoms with van der Waals surface area (Å²) in [5, 5.41) is 4.09. The van der Waals surface area contributed by atoms with Crippen LogP contribution in [0.15, 0.2) is 29.4 Å². The van der Waals surface area contributed by atoms with Crippen molar-refractivity contribution in [3.8, 4) is 0 Å². The van der Waals surface area contributed by atoms with Gasteiger partial charge in [-0.2, -0.15) is 0 Å². The van der Waals surface area contributed by atoms with Crippen LogP contribution in [-0.2, 0) is 4.84 Å². The lowest BCUT2D eigenvalue weighted by Gasteiger charge is -2.05. The van der Waals surface area contributed by atoms with Gasteiger partial charge in [-0.15, -0.1) is 0 Å². The molecular formula is C13H19NO. The second-order valence-electron chi connectivity index (χ2n) is 4.24. The van der Waals surface area contributed by atoms with E-state index in [0.717, 1.165) is 11.3 Å². The predicted molar refractivity (Wildman–Crippen MR) is 64.2 cm³/mol. The highest BCUT2D eigenvalue weighted by molar-refractivity contribution is 5.98. The van der Waals surface area contributed by atoms with Crippen LogP contribution < -0.4 is 0 Å². The van der Waals surface area contributed by atoms with E-state index in [9.17, 15) is 0 Å². The number of rotatable bonds is 4. The Morgan fingerprint density at radius 2 is 2.13 bits per heavy atom. The Kier molecular flexibility index (Phi) is 4.35. The average molecular weight is 205 g/mol. The Balaban J connectivity index is 2.63. The van der Waals surface area contributed by atoms with Gasteiger partial charge in [0.2, 0.25) is 0 Å². The number of hydrogen-bond donors (Lipinski definition) is 0. The summed E-state index contributed by atoms with van der Waals surface area (Å²) in [6.07, 6.45) is 0. The van der Waals surface area contributed by atoms with Gasteiger partial charge in [0.05, 0.1) is 5.71 Å². The van der Waals surface area contributed by atoms with Gasteiger partial charge in [-0.25, -0.2) is 0 Å². The molecule has 2 heteroatoms. The lowest BCUT2D eigenvalue weighted by atomic mass is 10.1. The molecule has 0 fully saturated rings. The van der Waals surface area contributed by atoms with E-state index in [1.807, 2.05) is 19.1 Å². The topological polar surface area (TPSA) is 21.6 Å². The van der Waals surface area contributed by atoms with Gasteiger partial charge in [-0.1, -0.05) is 48.8 Å². The first-order valence-electron chi connectivity index (χ1n) is 5.33. The maximum absolute atomic E-state index is 5.24. The first kappa shape index (κ1) is 11.8. The minimum Gasteiger partial charge on any atom is -0.395 e. The lowest BCUT2D eigenvalue weighted by Crippen LogP contribution is -2.01. The minimum absolute atomic E-state index is 0.513. The van der Waals surface area contributed by atoms with E-state index in [0.29, 0.717) is 12.5 Å². The molecule has 0 saturated carbocycles. The molecule has 1 rings (SSSR count). The fraction of sp³-hybridized carbons (Fsp3) is 0.462. The summed E-state index contributed by atoms with van der Waals surface area (Å²) in [4.78, 5) is 5.24. The van der Waals surface area contributed by atoms with Crippen LogP contribution in [0.2, 0.25) is 0 Å². The Hall–Kier alpha value is -1.31. The summed E-state index contributed by atoms with van der Waals surface area (Å²) in [6.45, 7) is 8.93. The fourth-order valence-corrected chi connectivity index (χ4v) is 1.21. The van der Waals surface area contributed by atoms with Crippen molar-refractivity contribution in [3.63, 3.8) is 0 Å². The zero-order valence-corrected chi connectivity index (χ0v) is 9.95. The lowest BCUT2D eigenvalue weighted by molar-refractivity contribution is 0.118. The van der Waals surface area contributed by atoms with Crippen molar-refractivity contribution >= 4 is 5.71 Å². The number of benzene rings is 1. The van der Waals surface area contributed by atoms with Crippen molar-refractivity contribution < 1.29 is 4.84 Å². The Morgan fingerprint density at radius 1 is 1.40 bits per heavy atom. The molecule has 0 spiro atoms. The van der Waals surface area contributed by atoms with Crippen LogP contribution in [0.5, 0.6) is 0 Å². The molecule has 0 N–H and O–H groups in total. The van der Waals surface area contributed by atoms with E-state index in [2.05, 4.69) is 38.1 Å². The molecule has 0 aliphatic rings. The van der Waals surface area contributed by atoms with Gasteiger partial charge in [0.25, 0.3) is 0 Å². The van der Waals surface area contributed by atoms with E-state index in [-0.39, 0.29) is 0 Å². The van der Waals surface area contributed by atoms with Crippen molar-refractivity contribution in [1.82, 2.24) is 0 Å². The number of hydrogen-bond acceptors (Lipinski definition) is 2. The van der Waals surface area contributed by atoms with Crippen LogP contribution in [0, 0.1) is 12.8 Å². The summed E-state index contributed by atoms with van der Waals surface area (Å²) < 4.78 is 0. The average Bonchev–Trinajstić information content (AvgIpc) is 2.17. The number of nitrogens with zero attached hydrogens (tertiary/aromatic N) is 1. The molecule has 0 heterocycles. The van der Waals surface area contributed by atoms with Crippen molar-refractivity contribution in [1.29, 1.82) is 0 Å². The molecule has 82 valence electrons. The quantitative estimate of drug-likeness (QED) is 0.545. The summed E-state index contributed by atoms with van der Waals surface area (Å²) in [6, 6.07) is 8.26. The predicted octanol–water partition coefficient (Wildman–Crippen LogP) is 3.39. The molecule has 0 amide bonds. The summed E-state index contributed by atoms with van der Waals surface area (Å²) in [7, 11) is 0. The molecule has 0 radical (unpaired) electrons. The van der Waals surface area contributed by atoms with Gasteiger partial charge in [-0.05, 0) is 25.3 Å². The van der Waals surface area contributed by atoms with Crippen LogP contribution >= 0.6 is 0 Å². The monoisotopic (exact) mass is 205 g/mol. The number of aryl methyl sites for hydroxylation is 1. The molecule has 0 aliphatic carbocycles. The van der Waals surface area contributed by atoms with Crippen LogP contribution in [0.1, 0.15) is 31.9 Å². The third-order valence-corrected chi connectivity index (χ3v) is 2.05. The van der Waals surface area contributed by atoms with Crippen molar-refractivity contribution in [2.75, 3.05) is 6.61 Å². The van der Waals surface area contributed by atoms with Crippen LogP contribution in [0.4, 0.5) is 0 Å². The van der Waals surface area contributed by atoms with E-state index in [1.54, 1.807) is 0 Å². The Morgan fingerprint density at radius 3 is 2.73 bits per heavy atom. The standard InChI is InChI=1S/C13H19NO/c1-10(2)9-15-14-12(4)13-7-5-6-11(3)8-13/h5-8,10H,9H2,1-4H3. The molecule has 1 aromatic rings. The van der Waals surface area contributed by atoms with Crippen molar-refractivity contribution in [3.05, 3.63) is 35.4 Å². The summed E-state index contributed by atoms with van der Waals surface area (Å²) >= 11 is 0. The molecule has 2 nitrogen and oxygen atoms in total. The molecule has 0 bridgehead atoms. The van der Waals surface area contributed by atoms with Crippen LogP contribution in [0.25, 0.3) is 0 Å². The largest absolute Gasteiger partial charge is 0.395 e. The smallest absolute Gasteiger partial charge is 0.119 e. The molecular weight excluding hydrogens is 186 g/mol. The van der Waals surface area contributed by atoms with Gasteiger partial charge in [0, 0.05) is 0 Å². The normalized spacial score (nSPS) is 11.9. The van der Waals surface area contributed by atoms with Gasteiger partial charge >= 0.3 is 0 Å². The highest BCUT2D eigenvalue weighted by atomic mass is 16.6. The van der Waals surface area contributed by atoms with E-state index >= 15 is 0 Å². The zero-order chi connectivity index (χ0) is 11.3. The molecule has 0 aliphatic heterocycles. The first-order valence-corrected chi connectivity index (χ1v) is 5.33. The SMILES string of the molecule is CC(=NOCC(C)C)c1cccc(C)c1. The number of oxime groups is 1. The third kappa shape index (κ3) is 4.15. The second kappa shape index (κ2) is 5.54. The molecule has 0 unspecified atom stereocenters. The summed E-state index contributed by atoms with van der Waals surface area (Å²) in [5.74, 6) is 0.513. The maximum atomic E-state index is 5.24. The van der Waals surface area contributed by atoms with Gasteiger partial charge in [0.1, 0.15) is 6.61 Å².